The summed E-state index contributed by atoms with van der Waals surface area (Å²) in [6, 6.07) is 4.31. The van der Waals surface area contributed by atoms with Crippen molar-refractivity contribution in [3.05, 3.63) is 34.4 Å². The first-order valence-electron chi connectivity index (χ1n) is 5.95. The molecule has 0 fully saturated rings. The van der Waals surface area contributed by atoms with Crippen LogP contribution in [-0.2, 0) is 16.1 Å². The predicted molar refractivity (Wildman–Crippen MR) is 74.0 cm³/mol. The van der Waals surface area contributed by atoms with Crippen molar-refractivity contribution in [2.24, 2.45) is 0 Å². The SMILES string of the molecule is COC(=O)C(Cl)CNCc1c(C)cc(C)cc1C. The number of ether oxygens (including phenoxy) is 1. The van der Waals surface area contributed by atoms with E-state index in [0.29, 0.717) is 13.1 Å². The van der Waals surface area contributed by atoms with Gasteiger partial charge in [0.15, 0.2) is 0 Å². The summed E-state index contributed by atoms with van der Waals surface area (Å²) < 4.78 is 4.57. The van der Waals surface area contributed by atoms with Crippen LogP contribution in [0.1, 0.15) is 22.3 Å². The van der Waals surface area contributed by atoms with Crippen LogP contribution in [0, 0.1) is 20.8 Å². The van der Waals surface area contributed by atoms with Gasteiger partial charge in [-0.05, 0) is 37.5 Å². The van der Waals surface area contributed by atoms with Gasteiger partial charge < -0.3 is 10.1 Å². The number of hydrogen-bond donors (Lipinski definition) is 1. The molecular weight excluding hydrogens is 250 g/mol. The molecule has 0 aromatic heterocycles. The zero-order chi connectivity index (χ0) is 13.7. The fourth-order valence-corrected chi connectivity index (χ4v) is 2.22. The van der Waals surface area contributed by atoms with Crippen molar-refractivity contribution < 1.29 is 9.53 Å². The molecule has 0 aliphatic heterocycles. The molecule has 1 atom stereocenters. The molecular formula is C14H20ClNO2. The highest BCUT2D eigenvalue weighted by molar-refractivity contribution is 6.30. The predicted octanol–water partition coefficient (Wildman–Crippen LogP) is 2.48. The average molecular weight is 270 g/mol. The van der Waals surface area contributed by atoms with Gasteiger partial charge >= 0.3 is 5.97 Å². The maximum absolute atomic E-state index is 11.1. The van der Waals surface area contributed by atoms with Crippen molar-refractivity contribution >= 4 is 17.6 Å². The van der Waals surface area contributed by atoms with Crippen LogP contribution in [0.2, 0.25) is 0 Å². The quantitative estimate of drug-likeness (QED) is 0.659. The van der Waals surface area contributed by atoms with E-state index in [9.17, 15) is 4.79 Å². The number of rotatable bonds is 5. The van der Waals surface area contributed by atoms with Gasteiger partial charge in [0, 0.05) is 13.1 Å². The van der Waals surface area contributed by atoms with Crippen molar-refractivity contribution in [3.63, 3.8) is 0 Å². The number of carbonyl (C=O) groups is 1. The number of esters is 1. The molecule has 1 unspecified atom stereocenters. The van der Waals surface area contributed by atoms with Crippen LogP contribution >= 0.6 is 11.6 Å². The molecule has 1 N–H and O–H groups in total. The van der Waals surface area contributed by atoms with Crippen LogP contribution < -0.4 is 5.32 Å². The maximum Gasteiger partial charge on any atom is 0.325 e. The Morgan fingerprint density at radius 1 is 1.33 bits per heavy atom. The van der Waals surface area contributed by atoms with E-state index < -0.39 is 11.3 Å². The van der Waals surface area contributed by atoms with Crippen LogP contribution in [0.5, 0.6) is 0 Å². The minimum atomic E-state index is -0.638. The Labute approximate surface area is 113 Å². The van der Waals surface area contributed by atoms with Gasteiger partial charge in [-0.2, -0.15) is 0 Å². The van der Waals surface area contributed by atoms with Crippen molar-refractivity contribution in [2.45, 2.75) is 32.7 Å². The molecule has 0 spiro atoms. The summed E-state index contributed by atoms with van der Waals surface area (Å²) in [7, 11) is 1.34. The fraction of sp³-hybridized carbons (Fsp3) is 0.500. The van der Waals surface area contributed by atoms with Gasteiger partial charge in [-0.1, -0.05) is 17.7 Å². The molecule has 0 radical (unpaired) electrons. The number of benzene rings is 1. The molecule has 1 aromatic rings. The maximum atomic E-state index is 11.1. The minimum absolute atomic E-state index is 0.401. The molecule has 0 saturated heterocycles. The first kappa shape index (κ1) is 15.0. The zero-order valence-corrected chi connectivity index (χ0v) is 12.1. The number of halogens is 1. The first-order valence-corrected chi connectivity index (χ1v) is 6.38. The largest absolute Gasteiger partial charge is 0.468 e. The van der Waals surface area contributed by atoms with E-state index in [1.54, 1.807) is 0 Å². The van der Waals surface area contributed by atoms with E-state index in [0.717, 1.165) is 0 Å². The van der Waals surface area contributed by atoms with Crippen LogP contribution in [0.4, 0.5) is 0 Å². The van der Waals surface area contributed by atoms with Crippen molar-refractivity contribution in [3.8, 4) is 0 Å². The molecule has 4 heteroatoms. The van der Waals surface area contributed by atoms with E-state index >= 15 is 0 Å². The van der Waals surface area contributed by atoms with E-state index in [4.69, 9.17) is 11.6 Å². The second kappa shape index (κ2) is 6.76. The first-order chi connectivity index (χ1) is 8.45. The Morgan fingerprint density at radius 3 is 2.39 bits per heavy atom. The number of alkyl halides is 1. The summed E-state index contributed by atoms with van der Waals surface area (Å²) in [4.78, 5) is 11.1. The number of nitrogens with one attached hydrogen (secondary N) is 1. The molecule has 1 aromatic carbocycles. The highest BCUT2D eigenvalue weighted by atomic mass is 35.5. The Morgan fingerprint density at radius 2 is 1.89 bits per heavy atom. The zero-order valence-electron chi connectivity index (χ0n) is 11.3. The Hall–Kier alpha value is -1.06. The number of carbonyl (C=O) groups excluding carboxylic acids is 1. The molecule has 0 aliphatic rings. The summed E-state index contributed by atoms with van der Waals surface area (Å²) in [5.41, 5.74) is 5.03. The van der Waals surface area contributed by atoms with Crippen LogP contribution in [0.15, 0.2) is 12.1 Å². The lowest BCUT2D eigenvalue weighted by Gasteiger charge is -2.13. The average Bonchev–Trinajstić information content (AvgIpc) is 2.31. The third-order valence-electron chi connectivity index (χ3n) is 2.92. The second-order valence-electron chi connectivity index (χ2n) is 4.50. The molecule has 1 rings (SSSR count). The summed E-state index contributed by atoms with van der Waals surface area (Å²) in [6.07, 6.45) is 0. The molecule has 3 nitrogen and oxygen atoms in total. The molecule has 0 aliphatic carbocycles. The number of aryl methyl sites for hydroxylation is 3. The summed E-state index contributed by atoms with van der Waals surface area (Å²) in [6.45, 7) is 7.38. The van der Waals surface area contributed by atoms with Gasteiger partial charge in [-0.3, -0.25) is 4.79 Å². The van der Waals surface area contributed by atoms with Crippen molar-refractivity contribution in [1.29, 1.82) is 0 Å². The van der Waals surface area contributed by atoms with E-state index in [-0.39, 0.29) is 0 Å². The van der Waals surface area contributed by atoms with Crippen LogP contribution in [0.25, 0.3) is 0 Å². The normalized spacial score (nSPS) is 12.3. The minimum Gasteiger partial charge on any atom is -0.468 e. The van der Waals surface area contributed by atoms with Crippen LogP contribution in [0.3, 0.4) is 0 Å². The Bertz CT molecular complexity index is 409. The van der Waals surface area contributed by atoms with Gasteiger partial charge in [0.25, 0.3) is 0 Å². The Kier molecular flexibility index (Phi) is 5.63. The topological polar surface area (TPSA) is 38.3 Å². The summed E-state index contributed by atoms with van der Waals surface area (Å²) >= 11 is 5.87. The lowest BCUT2D eigenvalue weighted by Crippen LogP contribution is -2.30. The van der Waals surface area contributed by atoms with Gasteiger partial charge in [0.1, 0.15) is 5.38 Å². The highest BCUT2D eigenvalue weighted by Crippen LogP contribution is 2.16. The third-order valence-corrected chi connectivity index (χ3v) is 3.26. The number of methoxy groups -OCH3 is 1. The summed E-state index contributed by atoms with van der Waals surface area (Å²) in [5, 5.41) is 2.55. The Balaban J connectivity index is 2.57. The van der Waals surface area contributed by atoms with E-state index in [1.165, 1.54) is 29.4 Å². The second-order valence-corrected chi connectivity index (χ2v) is 5.03. The van der Waals surface area contributed by atoms with E-state index in [2.05, 4.69) is 43.0 Å². The van der Waals surface area contributed by atoms with Gasteiger partial charge in [0.05, 0.1) is 7.11 Å². The lowest BCUT2D eigenvalue weighted by atomic mass is 10.00. The molecule has 100 valence electrons. The van der Waals surface area contributed by atoms with Crippen molar-refractivity contribution in [1.82, 2.24) is 5.32 Å². The van der Waals surface area contributed by atoms with Crippen LogP contribution in [-0.4, -0.2) is 25.0 Å². The van der Waals surface area contributed by atoms with E-state index in [1.807, 2.05) is 0 Å². The molecule has 0 amide bonds. The molecule has 0 bridgehead atoms. The van der Waals surface area contributed by atoms with Gasteiger partial charge in [-0.15, -0.1) is 11.6 Å². The molecule has 18 heavy (non-hydrogen) atoms. The smallest absolute Gasteiger partial charge is 0.325 e. The fourth-order valence-electron chi connectivity index (χ4n) is 2.02. The molecule has 0 heterocycles. The standard InChI is InChI=1S/C14H20ClNO2/c1-9-5-10(2)12(11(3)6-9)7-16-8-13(15)14(17)18-4/h5-6,13,16H,7-8H2,1-4H3. The molecule has 0 saturated carbocycles. The highest BCUT2D eigenvalue weighted by Gasteiger charge is 2.15. The lowest BCUT2D eigenvalue weighted by molar-refractivity contribution is -0.140. The number of hydrogen-bond acceptors (Lipinski definition) is 3. The van der Waals surface area contributed by atoms with Gasteiger partial charge in [0.2, 0.25) is 0 Å². The third kappa shape index (κ3) is 4.00. The monoisotopic (exact) mass is 269 g/mol. The van der Waals surface area contributed by atoms with Gasteiger partial charge in [-0.25, -0.2) is 0 Å². The summed E-state index contributed by atoms with van der Waals surface area (Å²) in [5.74, 6) is -0.401. The van der Waals surface area contributed by atoms with Crippen molar-refractivity contribution in [2.75, 3.05) is 13.7 Å².